The highest BCUT2D eigenvalue weighted by Gasteiger charge is 2.43. The van der Waals surface area contributed by atoms with E-state index in [2.05, 4.69) is 56.7 Å². The normalized spacial score (nSPS) is 23.7. The van der Waals surface area contributed by atoms with E-state index >= 15 is 0 Å². The Bertz CT molecular complexity index is 397. The molecule has 0 amide bonds. The van der Waals surface area contributed by atoms with Gasteiger partial charge in [0.25, 0.3) is 0 Å². The van der Waals surface area contributed by atoms with Crippen molar-refractivity contribution >= 4 is 0 Å². The van der Waals surface area contributed by atoms with Gasteiger partial charge in [0.2, 0.25) is 0 Å². The first-order valence-corrected chi connectivity index (χ1v) is 9.23. The van der Waals surface area contributed by atoms with Gasteiger partial charge in [-0.15, -0.1) is 0 Å². The minimum atomic E-state index is 0.133. The number of rotatable bonds is 5. The number of hydrogen-bond donors (Lipinski definition) is 1. The highest BCUT2D eigenvalue weighted by molar-refractivity contribution is 5.34. The van der Waals surface area contributed by atoms with E-state index in [1.807, 2.05) is 0 Å². The van der Waals surface area contributed by atoms with Crippen LogP contribution in [0.3, 0.4) is 0 Å². The Morgan fingerprint density at radius 1 is 0.864 bits per heavy atom. The average molecular weight is 308 g/mol. The molecule has 3 heteroatoms. The summed E-state index contributed by atoms with van der Waals surface area (Å²) in [6.07, 6.45) is 3.87. The number of hydrogen-bond acceptors (Lipinski definition) is 3. The van der Waals surface area contributed by atoms with Gasteiger partial charge in [0.05, 0.1) is 0 Å². The topological polar surface area (TPSA) is 18.5 Å². The fourth-order valence-electron chi connectivity index (χ4n) is 4.79. The van der Waals surface area contributed by atoms with Crippen LogP contribution in [-0.4, -0.2) is 60.1 Å². The van der Waals surface area contributed by atoms with Gasteiger partial charge in [0.1, 0.15) is 0 Å². The highest BCUT2D eigenvalue weighted by Crippen LogP contribution is 2.40. The van der Waals surface area contributed by atoms with Crippen molar-refractivity contribution in [2.45, 2.75) is 71.9 Å². The molecule has 0 aromatic rings. The number of nitrogens with zero attached hydrogens (tertiary/aromatic N) is 2. The largest absolute Gasteiger partial charge is 0.314 e. The van der Waals surface area contributed by atoms with Crippen LogP contribution in [-0.2, 0) is 0 Å². The molecule has 0 unspecified atom stereocenters. The Kier molecular flexibility index (Phi) is 5.73. The van der Waals surface area contributed by atoms with Crippen molar-refractivity contribution in [1.82, 2.24) is 15.1 Å². The molecule has 1 N–H and O–H groups in total. The highest BCUT2D eigenvalue weighted by atomic mass is 15.3. The summed E-state index contributed by atoms with van der Waals surface area (Å²) in [5.74, 6) is 0. The summed E-state index contributed by atoms with van der Waals surface area (Å²) in [7, 11) is 0. The lowest BCUT2D eigenvalue weighted by Gasteiger charge is -2.51. The predicted molar refractivity (Wildman–Crippen MR) is 96.4 cm³/mol. The van der Waals surface area contributed by atoms with Crippen molar-refractivity contribution in [3.05, 3.63) is 11.1 Å². The molecular formula is C19H37N3. The second kappa shape index (κ2) is 7.02. The van der Waals surface area contributed by atoms with Gasteiger partial charge >= 0.3 is 0 Å². The van der Waals surface area contributed by atoms with Crippen LogP contribution in [0.2, 0.25) is 0 Å². The Hall–Kier alpha value is -0.380. The average Bonchev–Trinajstić information content (AvgIpc) is 3.02. The quantitative estimate of drug-likeness (QED) is 0.787. The predicted octanol–water partition coefficient (Wildman–Crippen LogP) is 3.27. The third-order valence-electron chi connectivity index (χ3n) is 5.98. The van der Waals surface area contributed by atoms with Crippen LogP contribution in [0.25, 0.3) is 0 Å². The van der Waals surface area contributed by atoms with Gasteiger partial charge < -0.3 is 5.32 Å². The summed E-state index contributed by atoms with van der Waals surface area (Å²) in [5.41, 5.74) is 3.53. The zero-order valence-corrected chi connectivity index (χ0v) is 15.8. The molecule has 0 atom stereocenters. The van der Waals surface area contributed by atoms with E-state index < -0.39 is 0 Å². The molecule has 0 aliphatic carbocycles. The molecule has 22 heavy (non-hydrogen) atoms. The molecule has 2 heterocycles. The van der Waals surface area contributed by atoms with Crippen molar-refractivity contribution in [3.63, 3.8) is 0 Å². The molecule has 128 valence electrons. The lowest BCUT2D eigenvalue weighted by Crippen LogP contribution is -2.59. The van der Waals surface area contributed by atoms with Gasteiger partial charge in [-0.3, -0.25) is 9.80 Å². The monoisotopic (exact) mass is 307 g/mol. The standard InChI is InChI=1S/C19H37N3/c1-7-16(2)17(18(3,4)21-12-8-9-13-21)19(5,6)22-14-10-20-11-15-22/h20H,7-15H2,1-6H3/b17-16-. The first kappa shape index (κ1) is 18.0. The first-order chi connectivity index (χ1) is 10.3. The van der Waals surface area contributed by atoms with E-state index in [1.54, 1.807) is 11.1 Å². The molecule has 2 aliphatic rings. The van der Waals surface area contributed by atoms with Gasteiger partial charge in [0.15, 0.2) is 0 Å². The molecule has 0 aromatic carbocycles. The molecule has 0 radical (unpaired) electrons. The number of nitrogens with one attached hydrogen (secondary N) is 1. The van der Waals surface area contributed by atoms with E-state index in [4.69, 9.17) is 0 Å². The number of likely N-dealkylation sites (tertiary alicyclic amines) is 1. The number of allylic oxidation sites excluding steroid dienone is 1. The van der Waals surface area contributed by atoms with Crippen LogP contribution in [0.4, 0.5) is 0 Å². The molecule has 0 bridgehead atoms. The maximum Gasteiger partial charge on any atom is 0.0385 e. The Morgan fingerprint density at radius 3 is 1.77 bits per heavy atom. The van der Waals surface area contributed by atoms with Gasteiger partial charge in [-0.05, 0) is 72.5 Å². The van der Waals surface area contributed by atoms with Crippen LogP contribution in [0.5, 0.6) is 0 Å². The molecule has 2 fully saturated rings. The van der Waals surface area contributed by atoms with E-state index in [0.717, 1.165) is 32.6 Å². The lowest BCUT2D eigenvalue weighted by molar-refractivity contribution is 0.0893. The van der Waals surface area contributed by atoms with E-state index in [-0.39, 0.29) is 11.1 Å². The fourth-order valence-corrected chi connectivity index (χ4v) is 4.79. The van der Waals surface area contributed by atoms with E-state index in [0.29, 0.717) is 0 Å². The van der Waals surface area contributed by atoms with E-state index in [1.165, 1.54) is 25.9 Å². The summed E-state index contributed by atoms with van der Waals surface area (Å²) in [6, 6.07) is 0. The summed E-state index contributed by atoms with van der Waals surface area (Å²) in [4.78, 5) is 5.40. The van der Waals surface area contributed by atoms with Gasteiger partial charge in [-0.1, -0.05) is 12.5 Å². The maximum atomic E-state index is 3.49. The molecule has 2 rings (SSSR count). The number of piperazine rings is 1. The van der Waals surface area contributed by atoms with Crippen molar-refractivity contribution in [2.24, 2.45) is 0 Å². The van der Waals surface area contributed by atoms with Gasteiger partial charge in [-0.2, -0.15) is 0 Å². The Morgan fingerprint density at radius 2 is 1.32 bits per heavy atom. The van der Waals surface area contributed by atoms with Crippen LogP contribution in [0, 0.1) is 0 Å². The molecule has 0 spiro atoms. The summed E-state index contributed by atoms with van der Waals surface area (Å²) < 4.78 is 0. The van der Waals surface area contributed by atoms with Crippen LogP contribution in [0.15, 0.2) is 11.1 Å². The second-order valence-electron chi connectivity index (χ2n) is 8.06. The molecule has 0 saturated carbocycles. The molecule has 0 aromatic heterocycles. The third-order valence-corrected chi connectivity index (χ3v) is 5.98. The zero-order valence-electron chi connectivity index (χ0n) is 15.8. The Balaban J connectivity index is 2.37. The minimum Gasteiger partial charge on any atom is -0.314 e. The van der Waals surface area contributed by atoms with Crippen molar-refractivity contribution < 1.29 is 0 Å². The summed E-state index contributed by atoms with van der Waals surface area (Å²) in [6.45, 7) is 21.5. The van der Waals surface area contributed by atoms with Gasteiger partial charge in [0, 0.05) is 37.3 Å². The molecular weight excluding hydrogens is 270 g/mol. The van der Waals surface area contributed by atoms with E-state index in [9.17, 15) is 0 Å². The van der Waals surface area contributed by atoms with Crippen molar-refractivity contribution in [2.75, 3.05) is 39.3 Å². The van der Waals surface area contributed by atoms with Crippen LogP contribution < -0.4 is 5.32 Å². The fraction of sp³-hybridized carbons (Fsp3) is 0.895. The molecule has 3 nitrogen and oxygen atoms in total. The lowest BCUT2D eigenvalue weighted by atomic mass is 9.75. The van der Waals surface area contributed by atoms with Crippen LogP contribution >= 0.6 is 0 Å². The molecule has 2 aliphatic heterocycles. The SMILES string of the molecule is CC/C(C)=C(/C(C)(C)N1CCCC1)C(C)(C)N1CCNCC1. The summed E-state index contributed by atoms with van der Waals surface area (Å²) >= 11 is 0. The van der Waals surface area contributed by atoms with Crippen molar-refractivity contribution in [1.29, 1.82) is 0 Å². The van der Waals surface area contributed by atoms with Crippen molar-refractivity contribution in [3.8, 4) is 0 Å². The third kappa shape index (κ3) is 3.42. The Labute approximate surface area is 138 Å². The summed E-state index contributed by atoms with van der Waals surface area (Å²) in [5, 5.41) is 3.49. The first-order valence-electron chi connectivity index (χ1n) is 9.23. The zero-order chi connectivity index (χ0) is 16.4. The minimum absolute atomic E-state index is 0.133. The van der Waals surface area contributed by atoms with Crippen LogP contribution in [0.1, 0.15) is 60.8 Å². The second-order valence-corrected chi connectivity index (χ2v) is 8.06. The van der Waals surface area contributed by atoms with Gasteiger partial charge in [-0.25, -0.2) is 0 Å². The smallest absolute Gasteiger partial charge is 0.0385 e. The maximum absolute atomic E-state index is 3.49. The molecule has 2 saturated heterocycles.